The van der Waals surface area contributed by atoms with E-state index in [-0.39, 0.29) is 0 Å². The van der Waals surface area contributed by atoms with E-state index < -0.39 is 0 Å². The molecule has 1 aliphatic carbocycles. The molecular weight excluding hydrogens is 256 g/mol. The Morgan fingerprint density at radius 1 is 1.29 bits per heavy atom. The first-order chi connectivity index (χ1) is 10.00. The van der Waals surface area contributed by atoms with Crippen LogP contribution in [0.1, 0.15) is 66.2 Å². The molecule has 0 spiro atoms. The van der Waals surface area contributed by atoms with E-state index in [4.69, 9.17) is 0 Å². The normalized spacial score (nSPS) is 34.2. The minimum Gasteiger partial charge on any atom is -0.385 e. The van der Waals surface area contributed by atoms with Gasteiger partial charge in [-0.15, -0.1) is 0 Å². The van der Waals surface area contributed by atoms with Crippen molar-refractivity contribution in [1.82, 2.24) is 10.6 Å². The highest BCUT2D eigenvalue weighted by Gasteiger charge is 2.41. The van der Waals surface area contributed by atoms with Gasteiger partial charge < -0.3 is 10.6 Å². The van der Waals surface area contributed by atoms with Crippen molar-refractivity contribution in [3.8, 4) is 0 Å². The molecule has 21 heavy (non-hydrogen) atoms. The van der Waals surface area contributed by atoms with Crippen molar-refractivity contribution in [2.24, 2.45) is 23.2 Å². The summed E-state index contributed by atoms with van der Waals surface area (Å²) in [5.41, 5.74) is 3.85. The summed E-state index contributed by atoms with van der Waals surface area (Å²) in [6.07, 6.45) is 8.17. The van der Waals surface area contributed by atoms with Gasteiger partial charge in [0.15, 0.2) is 0 Å². The van der Waals surface area contributed by atoms with Crippen molar-refractivity contribution >= 4 is 0 Å². The molecule has 3 rings (SSSR count). The smallest absolute Gasteiger partial charge is 0.0325 e. The third-order valence-electron chi connectivity index (χ3n) is 6.59. The molecule has 2 nitrogen and oxygen atoms in total. The number of hydrogen-bond acceptors (Lipinski definition) is 2. The molecule has 0 aromatic heterocycles. The fraction of sp³-hybridized carbons (Fsp3) is 0.895. The van der Waals surface area contributed by atoms with Crippen LogP contribution >= 0.6 is 0 Å². The zero-order chi connectivity index (χ0) is 15.0. The summed E-state index contributed by atoms with van der Waals surface area (Å²) in [5.74, 6) is 2.65. The first-order valence-corrected chi connectivity index (χ1v) is 9.19. The third kappa shape index (κ3) is 3.16. The van der Waals surface area contributed by atoms with Crippen molar-refractivity contribution in [2.75, 3.05) is 13.1 Å². The summed E-state index contributed by atoms with van der Waals surface area (Å²) >= 11 is 0. The van der Waals surface area contributed by atoms with E-state index in [0.29, 0.717) is 5.41 Å². The lowest BCUT2D eigenvalue weighted by molar-refractivity contribution is 0.151. The van der Waals surface area contributed by atoms with Crippen molar-refractivity contribution in [3.63, 3.8) is 0 Å². The average molecular weight is 290 g/mol. The standard InChI is InChI=1S/C19H34N2/c1-5-19(3,4)11-13(2)14-6-7-17-15(10-14)16-12-20-9-8-18(16)21-17/h13-15,17,20-21H,5-12H2,1-4H3. The summed E-state index contributed by atoms with van der Waals surface area (Å²) in [6.45, 7) is 12.0. The second-order valence-electron chi connectivity index (χ2n) is 8.56. The Hall–Kier alpha value is -0.500. The van der Waals surface area contributed by atoms with Crippen LogP contribution in [-0.4, -0.2) is 19.1 Å². The van der Waals surface area contributed by atoms with E-state index in [1.54, 1.807) is 11.3 Å². The molecule has 4 unspecified atom stereocenters. The van der Waals surface area contributed by atoms with E-state index in [0.717, 1.165) is 36.9 Å². The molecule has 0 amide bonds. The van der Waals surface area contributed by atoms with Crippen LogP contribution in [0.5, 0.6) is 0 Å². The van der Waals surface area contributed by atoms with Gasteiger partial charge in [0.25, 0.3) is 0 Å². The summed E-state index contributed by atoms with van der Waals surface area (Å²) in [4.78, 5) is 0. The van der Waals surface area contributed by atoms with Crippen LogP contribution in [0.25, 0.3) is 0 Å². The second kappa shape index (κ2) is 5.95. The van der Waals surface area contributed by atoms with Gasteiger partial charge in [-0.05, 0) is 54.9 Å². The Balaban J connectivity index is 1.64. The highest BCUT2D eigenvalue weighted by molar-refractivity contribution is 5.29. The van der Waals surface area contributed by atoms with E-state index in [9.17, 15) is 0 Å². The van der Waals surface area contributed by atoms with Gasteiger partial charge in [0.1, 0.15) is 0 Å². The van der Waals surface area contributed by atoms with Gasteiger partial charge in [-0.3, -0.25) is 0 Å². The summed E-state index contributed by atoms with van der Waals surface area (Å²) < 4.78 is 0. The Kier molecular flexibility index (Phi) is 4.36. The average Bonchev–Trinajstić information content (AvgIpc) is 2.84. The molecule has 2 N–H and O–H groups in total. The molecule has 1 saturated carbocycles. The zero-order valence-electron chi connectivity index (χ0n) is 14.5. The number of hydrogen-bond donors (Lipinski definition) is 2. The molecule has 0 radical (unpaired) electrons. The van der Waals surface area contributed by atoms with Crippen LogP contribution in [0.15, 0.2) is 11.3 Å². The van der Waals surface area contributed by atoms with Gasteiger partial charge in [-0.2, -0.15) is 0 Å². The van der Waals surface area contributed by atoms with Crippen molar-refractivity contribution in [1.29, 1.82) is 0 Å². The number of nitrogens with one attached hydrogen (secondary N) is 2. The number of rotatable bonds is 4. The monoisotopic (exact) mass is 290 g/mol. The topological polar surface area (TPSA) is 24.1 Å². The van der Waals surface area contributed by atoms with Crippen LogP contribution < -0.4 is 10.6 Å². The van der Waals surface area contributed by atoms with Crippen LogP contribution in [0, 0.1) is 23.2 Å². The Bertz CT molecular complexity index is 410. The molecule has 0 aromatic carbocycles. The molecule has 2 heteroatoms. The number of fused-ring (bicyclic) bond motifs is 2. The SMILES string of the molecule is CCC(C)(C)CC(C)C1CCC2NC3=C(CNCC3)C2C1. The van der Waals surface area contributed by atoms with Gasteiger partial charge in [-0.25, -0.2) is 0 Å². The van der Waals surface area contributed by atoms with Gasteiger partial charge in [-0.1, -0.05) is 34.1 Å². The predicted molar refractivity (Wildman–Crippen MR) is 90.1 cm³/mol. The molecule has 3 aliphatic rings. The lowest BCUT2D eigenvalue weighted by atomic mass is 9.68. The minimum absolute atomic E-state index is 0.515. The highest BCUT2D eigenvalue weighted by Crippen LogP contribution is 2.45. The Morgan fingerprint density at radius 3 is 2.86 bits per heavy atom. The fourth-order valence-electron chi connectivity index (χ4n) is 4.91. The van der Waals surface area contributed by atoms with Gasteiger partial charge >= 0.3 is 0 Å². The lowest BCUT2D eigenvalue weighted by Crippen LogP contribution is -2.37. The van der Waals surface area contributed by atoms with Gasteiger partial charge in [0.2, 0.25) is 0 Å². The van der Waals surface area contributed by atoms with Crippen molar-refractivity contribution in [2.45, 2.75) is 72.3 Å². The molecule has 2 aliphatic heterocycles. The Morgan fingerprint density at radius 2 is 2.10 bits per heavy atom. The zero-order valence-corrected chi connectivity index (χ0v) is 14.5. The summed E-state index contributed by atoms with van der Waals surface area (Å²) in [7, 11) is 0. The van der Waals surface area contributed by atoms with E-state index in [1.165, 1.54) is 38.5 Å². The van der Waals surface area contributed by atoms with E-state index >= 15 is 0 Å². The lowest BCUT2D eigenvalue weighted by Gasteiger charge is -2.39. The van der Waals surface area contributed by atoms with Crippen LogP contribution in [0.4, 0.5) is 0 Å². The van der Waals surface area contributed by atoms with Crippen molar-refractivity contribution < 1.29 is 0 Å². The summed E-state index contributed by atoms with van der Waals surface area (Å²) in [5, 5.41) is 7.44. The van der Waals surface area contributed by atoms with Crippen LogP contribution in [0.2, 0.25) is 0 Å². The second-order valence-corrected chi connectivity index (χ2v) is 8.56. The van der Waals surface area contributed by atoms with E-state index in [2.05, 4.69) is 38.3 Å². The molecule has 1 fully saturated rings. The Labute approximate surface area is 131 Å². The quantitative estimate of drug-likeness (QED) is 0.815. The molecule has 0 bridgehead atoms. The first kappa shape index (κ1) is 15.4. The molecule has 120 valence electrons. The van der Waals surface area contributed by atoms with Gasteiger partial charge in [0.05, 0.1) is 0 Å². The maximum atomic E-state index is 3.85. The molecular formula is C19H34N2. The molecule has 4 atom stereocenters. The maximum absolute atomic E-state index is 3.85. The van der Waals surface area contributed by atoms with Gasteiger partial charge in [0, 0.05) is 30.7 Å². The summed E-state index contributed by atoms with van der Waals surface area (Å²) in [6, 6.07) is 0.762. The minimum atomic E-state index is 0.515. The van der Waals surface area contributed by atoms with Crippen molar-refractivity contribution in [3.05, 3.63) is 11.3 Å². The first-order valence-electron chi connectivity index (χ1n) is 9.19. The highest BCUT2D eigenvalue weighted by atomic mass is 15.0. The fourth-order valence-corrected chi connectivity index (χ4v) is 4.91. The molecule has 0 aromatic rings. The van der Waals surface area contributed by atoms with Crippen LogP contribution in [0.3, 0.4) is 0 Å². The third-order valence-corrected chi connectivity index (χ3v) is 6.59. The molecule has 2 heterocycles. The van der Waals surface area contributed by atoms with Crippen LogP contribution in [-0.2, 0) is 0 Å². The maximum Gasteiger partial charge on any atom is 0.0325 e. The predicted octanol–water partition coefficient (Wildman–Crippen LogP) is 4.08. The molecule has 0 saturated heterocycles. The largest absolute Gasteiger partial charge is 0.385 e. The van der Waals surface area contributed by atoms with E-state index in [1.807, 2.05) is 0 Å².